The Labute approximate surface area is 104 Å². The lowest BCUT2D eigenvalue weighted by Crippen LogP contribution is -1.76. The Morgan fingerprint density at radius 2 is 1.72 bits per heavy atom. The third-order valence-corrected chi connectivity index (χ3v) is 2.78. The van der Waals surface area contributed by atoms with Gasteiger partial charge in [0.05, 0.1) is 11.9 Å². The molecule has 2 heterocycles. The largest absolute Gasteiger partial charge is 0.438 e. The SMILES string of the molecule is Cc1nc(-c2ncc(-c3ccccc3)o2)oc1C. The van der Waals surface area contributed by atoms with Gasteiger partial charge in [-0.3, -0.25) is 0 Å². The first kappa shape index (κ1) is 10.8. The first-order valence-corrected chi connectivity index (χ1v) is 5.69. The molecule has 0 spiro atoms. The summed E-state index contributed by atoms with van der Waals surface area (Å²) in [5.41, 5.74) is 1.83. The second-order valence-electron chi connectivity index (χ2n) is 4.06. The molecule has 0 unspecified atom stereocenters. The summed E-state index contributed by atoms with van der Waals surface area (Å²) in [6.45, 7) is 3.76. The number of nitrogens with zero attached hydrogens (tertiary/aromatic N) is 2. The molecule has 0 fully saturated rings. The Kier molecular flexibility index (Phi) is 2.48. The minimum Gasteiger partial charge on any atom is -0.438 e. The number of oxazole rings is 2. The molecule has 0 atom stereocenters. The van der Waals surface area contributed by atoms with Crippen LogP contribution < -0.4 is 0 Å². The van der Waals surface area contributed by atoms with Crippen LogP contribution in [-0.2, 0) is 0 Å². The van der Waals surface area contributed by atoms with E-state index in [4.69, 9.17) is 8.83 Å². The molecule has 3 aromatic rings. The van der Waals surface area contributed by atoms with Crippen molar-refractivity contribution in [1.29, 1.82) is 0 Å². The lowest BCUT2D eigenvalue weighted by molar-refractivity contribution is 0.498. The number of rotatable bonds is 2. The normalized spacial score (nSPS) is 10.8. The highest BCUT2D eigenvalue weighted by Crippen LogP contribution is 2.26. The van der Waals surface area contributed by atoms with Crippen LogP contribution >= 0.6 is 0 Å². The van der Waals surface area contributed by atoms with Crippen molar-refractivity contribution in [2.75, 3.05) is 0 Å². The maximum absolute atomic E-state index is 5.66. The fraction of sp³-hybridized carbons (Fsp3) is 0.143. The fourth-order valence-electron chi connectivity index (χ4n) is 1.67. The van der Waals surface area contributed by atoms with E-state index in [0.717, 1.165) is 17.0 Å². The van der Waals surface area contributed by atoms with Gasteiger partial charge in [-0.25, -0.2) is 9.97 Å². The maximum atomic E-state index is 5.66. The van der Waals surface area contributed by atoms with Crippen molar-refractivity contribution in [3.05, 3.63) is 48.0 Å². The van der Waals surface area contributed by atoms with E-state index in [2.05, 4.69) is 9.97 Å². The van der Waals surface area contributed by atoms with Gasteiger partial charge in [0.2, 0.25) is 0 Å². The lowest BCUT2D eigenvalue weighted by Gasteiger charge is -1.93. The predicted octanol–water partition coefficient (Wildman–Crippen LogP) is 3.61. The molecular formula is C14H12N2O2. The van der Waals surface area contributed by atoms with E-state index < -0.39 is 0 Å². The molecule has 4 nitrogen and oxygen atoms in total. The molecule has 0 saturated heterocycles. The van der Waals surface area contributed by atoms with Crippen molar-refractivity contribution in [3.63, 3.8) is 0 Å². The molecule has 0 radical (unpaired) electrons. The highest BCUT2D eigenvalue weighted by molar-refractivity contribution is 5.58. The van der Waals surface area contributed by atoms with Crippen LogP contribution in [0.1, 0.15) is 11.5 Å². The molecule has 18 heavy (non-hydrogen) atoms. The van der Waals surface area contributed by atoms with E-state index in [0.29, 0.717) is 17.5 Å². The summed E-state index contributed by atoms with van der Waals surface area (Å²) in [6, 6.07) is 9.81. The summed E-state index contributed by atoms with van der Waals surface area (Å²) in [5.74, 6) is 2.32. The average Bonchev–Trinajstić information content (AvgIpc) is 2.99. The van der Waals surface area contributed by atoms with Gasteiger partial charge in [-0.2, -0.15) is 0 Å². The summed E-state index contributed by atoms with van der Waals surface area (Å²) in [5, 5.41) is 0. The van der Waals surface area contributed by atoms with Crippen LogP contribution in [-0.4, -0.2) is 9.97 Å². The Bertz CT molecular complexity index is 649. The summed E-state index contributed by atoms with van der Waals surface area (Å²) in [6.07, 6.45) is 1.68. The quantitative estimate of drug-likeness (QED) is 0.686. The maximum Gasteiger partial charge on any atom is 0.284 e. The number of aryl methyl sites for hydroxylation is 2. The van der Waals surface area contributed by atoms with Gasteiger partial charge in [-0.1, -0.05) is 30.3 Å². The van der Waals surface area contributed by atoms with E-state index in [1.807, 2.05) is 44.2 Å². The van der Waals surface area contributed by atoms with Crippen LogP contribution in [0.25, 0.3) is 23.1 Å². The summed E-state index contributed by atoms with van der Waals surface area (Å²) >= 11 is 0. The molecule has 0 saturated carbocycles. The molecule has 0 aliphatic heterocycles. The van der Waals surface area contributed by atoms with E-state index in [1.165, 1.54) is 0 Å². The molecular weight excluding hydrogens is 228 g/mol. The number of aromatic nitrogens is 2. The van der Waals surface area contributed by atoms with Crippen LogP contribution in [0, 0.1) is 13.8 Å². The molecule has 1 aromatic carbocycles. The van der Waals surface area contributed by atoms with Crippen molar-refractivity contribution in [2.45, 2.75) is 13.8 Å². The van der Waals surface area contributed by atoms with E-state index in [-0.39, 0.29) is 0 Å². The Balaban J connectivity index is 1.99. The van der Waals surface area contributed by atoms with Crippen LogP contribution in [0.4, 0.5) is 0 Å². The monoisotopic (exact) mass is 240 g/mol. The molecule has 0 amide bonds. The topological polar surface area (TPSA) is 52.1 Å². The molecule has 3 rings (SSSR count). The fourth-order valence-corrected chi connectivity index (χ4v) is 1.67. The van der Waals surface area contributed by atoms with Crippen molar-refractivity contribution >= 4 is 0 Å². The van der Waals surface area contributed by atoms with Gasteiger partial charge >= 0.3 is 0 Å². The average molecular weight is 240 g/mol. The lowest BCUT2D eigenvalue weighted by atomic mass is 10.2. The van der Waals surface area contributed by atoms with Crippen molar-refractivity contribution < 1.29 is 8.83 Å². The third kappa shape index (κ3) is 1.82. The van der Waals surface area contributed by atoms with Gasteiger partial charge < -0.3 is 8.83 Å². The third-order valence-electron chi connectivity index (χ3n) is 2.78. The van der Waals surface area contributed by atoms with Crippen LogP contribution in [0.2, 0.25) is 0 Å². The predicted molar refractivity (Wildman–Crippen MR) is 66.9 cm³/mol. The molecule has 90 valence electrons. The van der Waals surface area contributed by atoms with Crippen LogP contribution in [0.15, 0.2) is 45.4 Å². The van der Waals surface area contributed by atoms with E-state index >= 15 is 0 Å². The number of benzene rings is 1. The molecule has 0 N–H and O–H groups in total. The van der Waals surface area contributed by atoms with Crippen molar-refractivity contribution in [3.8, 4) is 23.1 Å². The molecule has 2 aromatic heterocycles. The Hall–Kier alpha value is -2.36. The highest BCUT2D eigenvalue weighted by atomic mass is 16.4. The van der Waals surface area contributed by atoms with Crippen LogP contribution in [0.3, 0.4) is 0 Å². The zero-order chi connectivity index (χ0) is 12.5. The first-order valence-electron chi connectivity index (χ1n) is 5.69. The summed E-state index contributed by atoms with van der Waals surface area (Å²) in [4.78, 5) is 8.46. The zero-order valence-electron chi connectivity index (χ0n) is 10.2. The molecule has 0 bridgehead atoms. The minimum atomic E-state index is 0.407. The summed E-state index contributed by atoms with van der Waals surface area (Å²) in [7, 11) is 0. The molecule has 4 heteroatoms. The van der Waals surface area contributed by atoms with Gasteiger partial charge in [0.15, 0.2) is 5.76 Å². The standard InChI is InChI=1S/C14H12N2O2/c1-9-10(2)17-14(16-9)13-15-8-12(18-13)11-6-4-3-5-7-11/h3-8H,1-2H3. The summed E-state index contributed by atoms with van der Waals surface area (Å²) < 4.78 is 11.1. The second-order valence-corrected chi connectivity index (χ2v) is 4.06. The Morgan fingerprint density at radius 1 is 0.944 bits per heavy atom. The van der Waals surface area contributed by atoms with Gasteiger partial charge in [-0.05, 0) is 13.8 Å². The number of hydrogen-bond donors (Lipinski definition) is 0. The zero-order valence-corrected chi connectivity index (χ0v) is 10.2. The molecule has 0 aliphatic carbocycles. The highest BCUT2D eigenvalue weighted by Gasteiger charge is 2.14. The van der Waals surface area contributed by atoms with Gasteiger partial charge in [0.25, 0.3) is 11.8 Å². The first-order chi connectivity index (χ1) is 8.74. The van der Waals surface area contributed by atoms with Crippen LogP contribution in [0.5, 0.6) is 0 Å². The smallest absolute Gasteiger partial charge is 0.284 e. The van der Waals surface area contributed by atoms with E-state index in [1.54, 1.807) is 6.20 Å². The van der Waals surface area contributed by atoms with E-state index in [9.17, 15) is 0 Å². The Morgan fingerprint density at radius 3 is 2.39 bits per heavy atom. The second kappa shape index (κ2) is 4.14. The van der Waals surface area contributed by atoms with Crippen molar-refractivity contribution in [1.82, 2.24) is 9.97 Å². The van der Waals surface area contributed by atoms with Crippen molar-refractivity contribution in [2.24, 2.45) is 0 Å². The molecule has 0 aliphatic rings. The minimum absolute atomic E-state index is 0.407. The number of hydrogen-bond acceptors (Lipinski definition) is 4. The van der Waals surface area contributed by atoms with Gasteiger partial charge in [0.1, 0.15) is 5.76 Å². The van der Waals surface area contributed by atoms with Gasteiger partial charge in [0, 0.05) is 5.56 Å². The van der Waals surface area contributed by atoms with Gasteiger partial charge in [-0.15, -0.1) is 0 Å².